The molecule has 118 valence electrons. The lowest BCUT2D eigenvalue weighted by molar-refractivity contribution is 0.243. The summed E-state index contributed by atoms with van der Waals surface area (Å²) in [5.41, 5.74) is 2.35. The number of hydrogen-bond acceptors (Lipinski definition) is 4. The van der Waals surface area contributed by atoms with Crippen LogP contribution in [0.25, 0.3) is 0 Å². The van der Waals surface area contributed by atoms with E-state index in [1.807, 2.05) is 6.07 Å². The van der Waals surface area contributed by atoms with Gasteiger partial charge in [0.2, 0.25) is 0 Å². The van der Waals surface area contributed by atoms with Crippen LogP contribution >= 0.6 is 11.6 Å². The monoisotopic (exact) mass is 312 g/mol. The van der Waals surface area contributed by atoms with Crippen molar-refractivity contribution in [3.63, 3.8) is 0 Å². The average Bonchev–Trinajstić information content (AvgIpc) is 2.53. The number of nitrogens with zero attached hydrogens (tertiary/aromatic N) is 1. The van der Waals surface area contributed by atoms with Gasteiger partial charge in [0.15, 0.2) is 11.5 Å². The number of benzene rings is 1. The lowest BCUT2D eigenvalue weighted by atomic mass is 10.00. The Labute approximate surface area is 132 Å². The van der Waals surface area contributed by atoms with E-state index in [1.54, 1.807) is 14.2 Å². The number of nitrogens with one attached hydrogen (secondary N) is 1. The Bertz CT molecular complexity index is 474. The molecule has 2 rings (SSSR count). The van der Waals surface area contributed by atoms with Crippen molar-refractivity contribution in [2.45, 2.75) is 19.8 Å². The summed E-state index contributed by atoms with van der Waals surface area (Å²) in [5, 5.41) is 4.15. The van der Waals surface area contributed by atoms with Crippen molar-refractivity contribution in [3.05, 3.63) is 22.2 Å². The fourth-order valence-corrected chi connectivity index (χ4v) is 3.23. The second kappa shape index (κ2) is 7.87. The highest BCUT2D eigenvalue weighted by Gasteiger charge is 2.18. The van der Waals surface area contributed by atoms with Crippen molar-refractivity contribution in [2.75, 3.05) is 46.9 Å². The molecule has 1 heterocycles. The Hall–Kier alpha value is -0.970. The molecule has 1 aliphatic heterocycles. The van der Waals surface area contributed by atoms with Crippen LogP contribution in [0.4, 0.5) is 0 Å². The molecule has 1 fully saturated rings. The zero-order chi connectivity index (χ0) is 15.2. The molecule has 0 bridgehead atoms. The number of halogens is 1. The van der Waals surface area contributed by atoms with Gasteiger partial charge in [0.1, 0.15) is 0 Å². The molecule has 4 nitrogen and oxygen atoms in total. The number of ether oxygens (including phenoxy) is 2. The van der Waals surface area contributed by atoms with Crippen LogP contribution < -0.4 is 14.8 Å². The summed E-state index contributed by atoms with van der Waals surface area (Å²) < 4.78 is 10.9. The minimum Gasteiger partial charge on any atom is -0.493 e. The van der Waals surface area contributed by atoms with Gasteiger partial charge in [-0.3, -0.25) is 0 Å². The Balaban J connectivity index is 2.20. The quantitative estimate of drug-likeness (QED) is 0.874. The molecule has 1 N–H and O–H groups in total. The zero-order valence-corrected chi connectivity index (χ0v) is 13.9. The first-order chi connectivity index (χ1) is 10.2. The van der Waals surface area contributed by atoms with Crippen LogP contribution in [-0.4, -0.2) is 51.8 Å². The molecule has 0 aliphatic carbocycles. The van der Waals surface area contributed by atoms with Crippen molar-refractivity contribution in [3.8, 4) is 11.5 Å². The van der Waals surface area contributed by atoms with Gasteiger partial charge in [0.25, 0.3) is 0 Å². The molecule has 0 atom stereocenters. The zero-order valence-electron chi connectivity index (χ0n) is 13.2. The number of hydrogen-bond donors (Lipinski definition) is 1. The number of rotatable bonds is 6. The van der Waals surface area contributed by atoms with Crippen LogP contribution in [0.15, 0.2) is 6.07 Å². The van der Waals surface area contributed by atoms with Crippen molar-refractivity contribution in [1.29, 1.82) is 0 Å². The molecule has 1 saturated heterocycles. The summed E-state index contributed by atoms with van der Waals surface area (Å²) in [6.45, 7) is 7.51. The summed E-state index contributed by atoms with van der Waals surface area (Å²) >= 11 is 6.47. The van der Waals surface area contributed by atoms with Crippen LogP contribution in [0.3, 0.4) is 0 Å². The van der Waals surface area contributed by atoms with Gasteiger partial charge in [0.05, 0.1) is 14.2 Å². The van der Waals surface area contributed by atoms with Crippen LogP contribution in [0.1, 0.15) is 18.1 Å². The lowest BCUT2D eigenvalue weighted by Gasteiger charge is -2.28. The third kappa shape index (κ3) is 3.82. The Morgan fingerprint density at radius 1 is 1.19 bits per heavy atom. The maximum absolute atomic E-state index is 6.47. The van der Waals surface area contributed by atoms with Crippen molar-refractivity contribution < 1.29 is 9.47 Å². The van der Waals surface area contributed by atoms with Crippen LogP contribution in [0.2, 0.25) is 5.02 Å². The molecule has 0 radical (unpaired) electrons. The fraction of sp³-hybridized carbons (Fsp3) is 0.625. The smallest absolute Gasteiger partial charge is 0.164 e. The number of methoxy groups -OCH3 is 2. The van der Waals surface area contributed by atoms with E-state index in [1.165, 1.54) is 5.56 Å². The van der Waals surface area contributed by atoms with Gasteiger partial charge in [-0.15, -0.1) is 0 Å². The maximum atomic E-state index is 6.47. The SMILES string of the molecule is CCc1c(CCN2CCNCC2)c(Cl)cc(OC)c1OC. The van der Waals surface area contributed by atoms with E-state index in [0.717, 1.165) is 61.9 Å². The van der Waals surface area contributed by atoms with E-state index < -0.39 is 0 Å². The minimum atomic E-state index is 0.713. The Morgan fingerprint density at radius 3 is 2.48 bits per heavy atom. The Morgan fingerprint density at radius 2 is 1.90 bits per heavy atom. The largest absolute Gasteiger partial charge is 0.493 e. The average molecular weight is 313 g/mol. The molecule has 5 heteroatoms. The van der Waals surface area contributed by atoms with Crippen LogP contribution in [0, 0.1) is 0 Å². The maximum Gasteiger partial charge on any atom is 0.164 e. The molecular formula is C16H25ClN2O2. The van der Waals surface area contributed by atoms with Crippen LogP contribution in [-0.2, 0) is 12.8 Å². The fourth-order valence-electron chi connectivity index (χ4n) is 2.92. The van der Waals surface area contributed by atoms with Gasteiger partial charge in [-0.25, -0.2) is 0 Å². The third-order valence-electron chi connectivity index (χ3n) is 4.07. The van der Waals surface area contributed by atoms with E-state index in [4.69, 9.17) is 21.1 Å². The third-order valence-corrected chi connectivity index (χ3v) is 4.41. The highest BCUT2D eigenvalue weighted by Crippen LogP contribution is 2.38. The Kier molecular flexibility index (Phi) is 6.15. The first-order valence-electron chi connectivity index (χ1n) is 7.56. The van der Waals surface area contributed by atoms with E-state index >= 15 is 0 Å². The molecule has 0 unspecified atom stereocenters. The normalized spacial score (nSPS) is 16.0. The van der Waals surface area contributed by atoms with E-state index in [2.05, 4.69) is 17.1 Å². The van der Waals surface area contributed by atoms with Gasteiger partial charge in [-0.1, -0.05) is 18.5 Å². The summed E-state index contributed by atoms with van der Waals surface area (Å²) in [6, 6.07) is 1.87. The van der Waals surface area contributed by atoms with E-state index in [-0.39, 0.29) is 0 Å². The molecule has 0 spiro atoms. The summed E-state index contributed by atoms with van der Waals surface area (Å²) in [6.07, 6.45) is 1.83. The van der Waals surface area contributed by atoms with E-state index in [9.17, 15) is 0 Å². The first-order valence-corrected chi connectivity index (χ1v) is 7.94. The second-order valence-electron chi connectivity index (χ2n) is 5.25. The highest BCUT2D eigenvalue weighted by molar-refractivity contribution is 6.31. The molecule has 1 aromatic rings. The molecule has 1 aliphatic rings. The van der Waals surface area contributed by atoms with Gasteiger partial charge < -0.3 is 19.7 Å². The van der Waals surface area contributed by atoms with Gasteiger partial charge in [0, 0.05) is 49.4 Å². The second-order valence-corrected chi connectivity index (χ2v) is 5.65. The molecule has 1 aromatic carbocycles. The van der Waals surface area contributed by atoms with E-state index in [0.29, 0.717) is 5.75 Å². The first kappa shape index (κ1) is 16.4. The molecule has 0 saturated carbocycles. The highest BCUT2D eigenvalue weighted by atomic mass is 35.5. The summed E-state index contributed by atoms with van der Waals surface area (Å²) in [7, 11) is 3.33. The topological polar surface area (TPSA) is 33.7 Å². The molecular weight excluding hydrogens is 288 g/mol. The summed E-state index contributed by atoms with van der Waals surface area (Å²) in [4.78, 5) is 2.48. The van der Waals surface area contributed by atoms with Crippen LogP contribution in [0.5, 0.6) is 11.5 Å². The van der Waals surface area contributed by atoms with Gasteiger partial charge >= 0.3 is 0 Å². The minimum absolute atomic E-state index is 0.713. The number of piperazine rings is 1. The molecule has 0 amide bonds. The van der Waals surface area contributed by atoms with Crippen molar-refractivity contribution in [1.82, 2.24) is 10.2 Å². The van der Waals surface area contributed by atoms with Crippen molar-refractivity contribution >= 4 is 11.6 Å². The molecule has 0 aromatic heterocycles. The predicted molar refractivity (Wildman–Crippen MR) is 86.9 cm³/mol. The lowest BCUT2D eigenvalue weighted by Crippen LogP contribution is -2.44. The molecule has 21 heavy (non-hydrogen) atoms. The van der Waals surface area contributed by atoms with Gasteiger partial charge in [-0.2, -0.15) is 0 Å². The predicted octanol–water partition coefficient (Wildman–Crippen LogP) is 2.37. The summed E-state index contributed by atoms with van der Waals surface area (Å²) in [5.74, 6) is 1.53. The van der Waals surface area contributed by atoms with Crippen molar-refractivity contribution in [2.24, 2.45) is 0 Å². The van der Waals surface area contributed by atoms with Gasteiger partial charge in [-0.05, 0) is 18.4 Å². The standard InChI is InChI=1S/C16H25ClN2O2/c1-4-12-13(5-8-19-9-6-18-7-10-19)14(17)11-15(20-2)16(12)21-3/h11,18H,4-10H2,1-3H3.